The van der Waals surface area contributed by atoms with Gasteiger partial charge in [-0.15, -0.1) is 0 Å². The molecule has 0 radical (unpaired) electrons. The number of aryl methyl sites for hydroxylation is 1. The van der Waals surface area contributed by atoms with Gasteiger partial charge in [0.15, 0.2) is 0 Å². The van der Waals surface area contributed by atoms with Gasteiger partial charge in [-0.3, -0.25) is 4.79 Å². The van der Waals surface area contributed by atoms with Crippen molar-refractivity contribution in [3.63, 3.8) is 0 Å². The van der Waals surface area contributed by atoms with Gasteiger partial charge < -0.3 is 25.4 Å². The highest BCUT2D eigenvalue weighted by molar-refractivity contribution is 6.31. The number of piperidine rings is 1. The largest absolute Gasteiger partial charge is 0.465 e. The van der Waals surface area contributed by atoms with Gasteiger partial charge in [0.2, 0.25) is 17.9 Å². The van der Waals surface area contributed by atoms with E-state index in [1.807, 2.05) is 4.90 Å². The minimum Gasteiger partial charge on any atom is -0.465 e. The number of esters is 1. The van der Waals surface area contributed by atoms with E-state index in [0.29, 0.717) is 54.6 Å². The van der Waals surface area contributed by atoms with Gasteiger partial charge >= 0.3 is 12.1 Å². The summed E-state index contributed by atoms with van der Waals surface area (Å²) in [7, 11) is 0. The summed E-state index contributed by atoms with van der Waals surface area (Å²) in [4.78, 5) is 22.4. The number of carbonyl (C=O) groups excluding carboxylic acids is 1. The second-order valence-corrected chi connectivity index (χ2v) is 11.9. The maximum absolute atomic E-state index is 14.6. The molecule has 230 valence electrons. The van der Waals surface area contributed by atoms with E-state index in [1.54, 1.807) is 32.0 Å². The lowest BCUT2D eigenvalue weighted by molar-refractivity contribution is -0.198. The van der Waals surface area contributed by atoms with Crippen molar-refractivity contribution in [1.29, 1.82) is 0 Å². The van der Waals surface area contributed by atoms with Crippen LogP contribution in [0.4, 0.5) is 24.9 Å². The smallest absolute Gasteiger partial charge is 0.429 e. The Morgan fingerprint density at radius 3 is 2.58 bits per heavy atom. The number of alkyl halides is 3. The van der Waals surface area contributed by atoms with Gasteiger partial charge in [0, 0.05) is 41.3 Å². The van der Waals surface area contributed by atoms with Crippen LogP contribution < -0.4 is 20.7 Å². The van der Waals surface area contributed by atoms with Crippen LogP contribution in [0.3, 0.4) is 0 Å². The van der Waals surface area contributed by atoms with Gasteiger partial charge in [0.05, 0.1) is 6.61 Å². The van der Waals surface area contributed by atoms with E-state index >= 15 is 0 Å². The number of carbonyl (C=O) groups is 1. The molecule has 2 aliphatic rings. The number of nitrogen functional groups attached to an aromatic ring is 1. The summed E-state index contributed by atoms with van der Waals surface area (Å²) >= 11 is 12.4. The number of nitrogens with one attached hydrogen (secondary N) is 1. The summed E-state index contributed by atoms with van der Waals surface area (Å²) in [5, 5.41) is 4.04. The average Bonchev–Trinajstić information content (AvgIpc) is 3.36. The molecule has 1 spiro atoms. The molecule has 3 aromatic rings. The molecule has 0 saturated carbocycles. The third-order valence-corrected chi connectivity index (χ3v) is 8.75. The third-order valence-electron chi connectivity index (χ3n) is 8.09. The Bertz CT molecular complexity index is 1500. The van der Waals surface area contributed by atoms with Crippen molar-refractivity contribution < 1.29 is 27.4 Å². The van der Waals surface area contributed by atoms with Gasteiger partial charge in [-0.2, -0.15) is 23.1 Å². The Labute approximate surface area is 257 Å². The standard InChI is InChI=1S/C30H32Cl2F3N5O3/c1-3-42-27(41)23-15-29(16-37-23)8-10-40(11-9-29)24-14-25(39-28(36)38-24)43-26(30(33,34)35)20-6-5-19(31)13-21(20)18-4-7-22(32)17(2)12-18/h4-7,12-14,23,26,37H,3,8-11,15-16H2,1-2H3,(H2,36,38,39)/t23-,26+/m0/s1. The molecule has 1 aromatic heterocycles. The molecule has 8 nitrogen and oxygen atoms in total. The fourth-order valence-corrected chi connectivity index (χ4v) is 6.11. The molecular weight excluding hydrogens is 606 g/mol. The summed E-state index contributed by atoms with van der Waals surface area (Å²) < 4.78 is 54.5. The minimum atomic E-state index is -4.80. The predicted octanol–water partition coefficient (Wildman–Crippen LogP) is 6.54. The number of aromatic nitrogens is 2. The number of hydrogen-bond acceptors (Lipinski definition) is 8. The molecule has 0 unspecified atom stereocenters. The van der Waals surface area contributed by atoms with Crippen LogP contribution in [0.5, 0.6) is 5.88 Å². The zero-order valence-electron chi connectivity index (χ0n) is 23.7. The van der Waals surface area contributed by atoms with E-state index in [0.717, 1.165) is 12.8 Å². The Kier molecular flexibility index (Phi) is 8.97. The van der Waals surface area contributed by atoms with Crippen molar-refractivity contribution >= 4 is 40.9 Å². The fraction of sp³-hybridized carbons (Fsp3) is 0.433. The molecular formula is C30H32Cl2F3N5O3. The Hall–Kier alpha value is -3.28. The lowest BCUT2D eigenvalue weighted by Gasteiger charge is -2.39. The first-order valence-corrected chi connectivity index (χ1v) is 14.7. The first kappa shape index (κ1) is 31.2. The Morgan fingerprint density at radius 2 is 1.91 bits per heavy atom. The number of nitrogens with two attached hydrogens (primary N) is 1. The molecule has 2 atom stereocenters. The van der Waals surface area contributed by atoms with E-state index in [2.05, 4.69) is 15.3 Å². The van der Waals surface area contributed by atoms with Crippen molar-refractivity contribution in [1.82, 2.24) is 15.3 Å². The summed E-state index contributed by atoms with van der Waals surface area (Å²) in [6.07, 6.45) is -4.98. The van der Waals surface area contributed by atoms with E-state index < -0.39 is 12.3 Å². The number of ether oxygens (including phenoxy) is 2. The second-order valence-electron chi connectivity index (χ2n) is 11.0. The summed E-state index contributed by atoms with van der Waals surface area (Å²) in [6, 6.07) is 10.2. The van der Waals surface area contributed by atoms with Gasteiger partial charge in [0.1, 0.15) is 11.9 Å². The quantitative estimate of drug-likeness (QED) is 0.282. The van der Waals surface area contributed by atoms with Crippen molar-refractivity contribution in [3.8, 4) is 17.0 Å². The Balaban J connectivity index is 1.38. The van der Waals surface area contributed by atoms with Gasteiger partial charge in [-0.1, -0.05) is 35.3 Å². The second kappa shape index (κ2) is 12.4. The summed E-state index contributed by atoms with van der Waals surface area (Å²) in [5.74, 6) is -0.385. The van der Waals surface area contributed by atoms with E-state index in [1.165, 1.54) is 24.3 Å². The summed E-state index contributed by atoms with van der Waals surface area (Å²) in [5.41, 5.74) is 7.21. The van der Waals surface area contributed by atoms with Crippen LogP contribution in [0.25, 0.3) is 11.1 Å². The van der Waals surface area contributed by atoms with Gasteiger partial charge in [0.25, 0.3) is 0 Å². The molecule has 3 N–H and O–H groups in total. The van der Waals surface area contributed by atoms with Crippen LogP contribution in [0.2, 0.25) is 10.0 Å². The normalized spacial score (nSPS) is 19.0. The number of anilines is 2. The van der Waals surface area contributed by atoms with Crippen LogP contribution in [-0.4, -0.2) is 54.4 Å². The van der Waals surface area contributed by atoms with Crippen molar-refractivity contribution in [3.05, 3.63) is 63.6 Å². The number of hydrogen-bond donors (Lipinski definition) is 2. The monoisotopic (exact) mass is 637 g/mol. The lowest BCUT2D eigenvalue weighted by atomic mass is 9.76. The predicted molar refractivity (Wildman–Crippen MR) is 159 cm³/mol. The molecule has 0 amide bonds. The molecule has 2 saturated heterocycles. The molecule has 0 bridgehead atoms. The first-order valence-electron chi connectivity index (χ1n) is 14.0. The van der Waals surface area contributed by atoms with Crippen molar-refractivity contribution in [2.24, 2.45) is 5.41 Å². The Morgan fingerprint density at radius 1 is 1.16 bits per heavy atom. The third kappa shape index (κ3) is 6.94. The first-order chi connectivity index (χ1) is 20.4. The van der Waals surface area contributed by atoms with Crippen molar-refractivity contribution in [2.75, 3.05) is 36.9 Å². The molecule has 5 rings (SSSR count). The van der Waals surface area contributed by atoms with E-state index in [-0.39, 0.29) is 45.4 Å². The van der Waals surface area contributed by atoms with Gasteiger partial charge in [-0.25, -0.2) is 0 Å². The molecule has 0 aliphatic carbocycles. The average molecular weight is 639 g/mol. The molecule has 2 aliphatic heterocycles. The van der Waals surface area contributed by atoms with Crippen LogP contribution >= 0.6 is 23.2 Å². The summed E-state index contributed by atoms with van der Waals surface area (Å²) in [6.45, 7) is 5.71. The maximum atomic E-state index is 14.6. The van der Waals surface area contributed by atoms with Gasteiger partial charge in [-0.05, 0) is 79.5 Å². The highest BCUT2D eigenvalue weighted by Gasteiger charge is 2.46. The van der Waals surface area contributed by atoms with Crippen LogP contribution in [0, 0.1) is 12.3 Å². The number of benzene rings is 2. The topological polar surface area (TPSA) is 103 Å². The molecule has 43 heavy (non-hydrogen) atoms. The molecule has 2 aromatic carbocycles. The number of halogens is 5. The van der Waals surface area contributed by atoms with Crippen molar-refractivity contribution in [2.45, 2.75) is 51.4 Å². The zero-order chi connectivity index (χ0) is 30.9. The highest BCUT2D eigenvalue weighted by atomic mass is 35.5. The zero-order valence-corrected chi connectivity index (χ0v) is 25.2. The highest BCUT2D eigenvalue weighted by Crippen LogP contribution is 2.44. The van der Waals surface area contributed by atoms with Crippen LogP contribution in [0.1, 0.15) is 43.4 Å². The fourth-order valence-electron chi connectivity index (χ4n) is 5.82. The minimum absolute atomic E-state index is 0.0712. The van der Waals surface area contributed by atoms with E-state index in [4.69, 9.17) is 38.4 Å². The molecule has 2 fully saturated rings. The maximum Gasteiger partial charge on any atom is 0.429 e. The number of nitrogens with zero attached hydrogens (tertiary/aromatic N) is 3. The molecule has 3 heterocycles. The molecule has 13 heteroatoms. The van der Waals surface area contributed by atoms with Crippen LogP contribution in [-0.2, 0) is 9.53 Å². The van der Waals surface area contributed by atoms with E-state index in [9.17, 15) is 18.0 Å². The van der Waals surface area contributed by atoms with Crippen LogP contribution in [0.15, 0.2) is 42.5 Å². The SMILES string of the molecule is CCOC(=O)[C@@H]1CC2(CCN(c3cc(O[C@H](c4ccc(Cl)cc4-c4ccc(Cl)c(C)c4)C(F)(F)F)nc(N)n3)CC2)CN1. The number of rotatable bonds is 7. The lowest BCUT2D eigenvalue weighted by Crippen LogP contribution is -2.41.